The number of para-hydroxylation sites is 2. The molecule has 0 aliphatic rings. The first kappa shape index (κ1) is 14.5. The minimum atomic E-state index is -0.531. The lowest BCUT2D eigenvalue weighted by Crippen LogP contribution is -2.35. The zero-order chi connectivity index (χ0) is 15.1. The van der Waals surface area contributed by atoms with Crippen molar-refractivity contribution in [2.24, 2.45) is 0 Å². The van der Waals surface area contributed by atoms with Crippen LogP contribution in [0.2, 0.25) is 0 Å². The number of nitriles is 1. The summed E-state index contributed by atoms with van der Waals surface area (Å²) in [5.74, 6) is -0.932. The van der Waals surface area contributed by atoms with E-state index in [9.17, 15) is 9.18 Å². The standard InChI is InChI=1S/C16H13FN2O2/c17-14-8-4-5-9-15(14)21-12-16(20)19(11-10-18)13-6-2-1-3-7-13/h1-9H,11-12H2. The van der Waals surface area contributed by atoms with Crippen LogP contribution in [0, 0.1) is 17.1 Å². The molecule has 0 aromatic heterocycles. The van der Waals surface area contributed by atoms with Crippen molar-refractivity contribution in [3.63, 3.8) is 0 Å². The van der Waals surface area contributed by atoms with Crippen LogP contribution >= 0.6 is 0 Å². The Morgan fingerprint density at radius 3 is 2.48 bits per heavy atom. The van der Waals surface area contributed by atoms with Gasteiger partial charge < -0.3 is 4.74 Å². The van der Waals surface area contributed by atoms with Gasteiger partial charge in [0.25, 0.3) is 5.91 Å². The number of carbonyl (C=O) groups is 1. The maximum absolute atomic E-state index is 13.4. The van der Waals surface area contributed by atoms with E-state index >= 15 is 0 Å². The van der Waals surface area contributed by atoms with Crippen LogP contribution in [0.4, 0.5) is 10.1 Å². The van der Waals surface area contributed by atoms with Gasteiger partial charge in [0.05, 0.1) is 6.07 Å². The summed E-state index contributed by atoms with van der Waals surface area (Å²) in [5, 5.41) is 8.83. The Morgan fingerprint density at radius 1 is 1.14 bits per heavy atom. The van der Waals surface area contributed by atoms with E-state index in [2.05, 4.69) is 0 Å². The highest BCUT2D eigenvalue weighted by molar-refractivity contribution is 5.94. The van der Waals surface area contributed by atoms with Crippen LogP contribution in [-0.4, -0.2) is 19.1 Å². The summed E-state index contributed by atoms with van der Waals surface area (Å²) >= 11 is 0. The maximum atomic E-state index is 13.4. The predicted molar refractivity (Wildman–Crippen MR) is 76.3 cm³/mol. The minimum absolute atomic E-state index is 0.0100. The van der Waals surface area contributed by atoms with Gasteiger partial charge in [-0.1, -0.05) is 30.3 Å². The molecule has 0 heterocycles. The molecule has 106 valence electrons. The molecule has 0 radical (unpaired) electrons. The third-order valence-electron chi connectivity index (χ3n) is 2.79. The number of rotatable bonds is 5. The molecule has 0 saturated heterocycles. The van der Waals surface area contributed by atoms with Gasteiger partial charge in [0, 0.05) is 5.69 Å². The van der Waals surface area contributed by atoms with Gasteiger partial charge >= 0.3 is 0 Å². The lowest BCUT2D eigenvalue weighted by atomic mass is 10.3. The Morgan fingerprint density at radius 2 is 1.81 bits per heavy atom. The van der Waals surface area contributed by atoms with E-state index in [1.165, 1.54) is 23.1 Å². The summed E-state index contributed by atoms with van der Waals surface area (Å²) in [5.41, 5.74) is 0.598. The van der Waals surface area contributed by atoms with E-state index in [0.29, 0.717) is 5.69 Å². The zero-order valence-electron chi connectivity index (χ0n) is 11.2. The summed E-state index contributed by atoms with van der Waals surface area (Å²) in [6, 6.07) is 16.6. The fourth-order valence-electron chi connectivity index (χ4n) is 1.78. The Bertz CT molecular complexity index is 653. The van der Waals surface area contributed by atoms with Crippen molar-refractivity contribution >= 4 is 11.6 Å². The van der Waals surface area contributed by atoms with E-state index < -0.39 is 11.7 Å². The normalized spacial score (nSPS) is 9.71. The molecular weight excluding hydrogens is 271 g/mol. The molecule has 1 amide bonds. The van der Waals surface area contributed by atoms with Crippen molar-refractivity contribution in [1.29, 1.82) is 5.26 Å². The fraction of sp³-hybridized carbons (Fsp3) is 0.125. The van der Waals surface area contributed by atoms with E-state index in [-0.39, 0.29) is 18.9 Å². The average Bonchev–Trinajstić information content (AvgIpc) is 2.52. The number of amides is 1. The van der Waals surface area contributed by atoms with Crippen LogP contribution < -0.4 is 9.64 Å². The second kappa shape index (κ2) is 7.06. The molecule has 0 aliphatic heterocycles. The van der Waals surface area contributed by atoms with Gasteiger partial charge in [-0.3, -0.25) is 9.69 Å². The van der Waals surface area contributed by atoms with Crippen molar-refractivity contribution < 1.29 is 13.9 Å². The maximum Gasteiger partial charge on any atom is 0.265 e. The topological polar surface area (TPSA) is 53.3 Å². The number of hydrogen-bond donors (Lipinski definition) is 0. The Labute approximate surface area is 122 Å². The van der Waals surface area contributed by atoms with Crippen molar-refractivity contribution in [2.75, 3.05) is 18.1 Å². The van der Waals surface area contributed by atoms with Gasteiger partial charge in [0.1, 0.15) is 6.54 Å². The van der Waals surface area contributed by atoms with Gasteiger partial charge in [0.15, 0.2) is 18.2 Å². The van der Waals surface area contributed by atoms with Crippen LogP contribution in [0.25, 0.3) is 0 Å². The van der Waals surface area contributed by atoms with Crippen LogP contribution in [-0.2, 0) is 4.79 Å². The third-order valence-corrected chi connectivity index (χ3v) is 2.79. The van der Waals surface area contributed by atoms with Gasteiger partial charge in [-0.2, -0.15) is 5.26 Å². The van der Waals surface area contributed by atoms with Crippen molar-refractivity contribution in [3.05, 3.63) is 60.4 Å². The molecule has 0 saturated carbocycles. The third kappa shape index (κ3) is 3.80. The summed E-state index contributed by atoms with van der Waals surface area (Å²) in [4.78, 5) is 13.4. The zero-order valence-corrected chi connectivity index (χ0v) is 11.2. The SMILES string of the molecule is N#CCN(C(=O)COc1ccccc1F)c1ccccc1. The quantitative estimate of drug-likeness (QED) is 0.793. The summed E-state index contributed by atoms with van der Waals surface area (Å²) in [7, 11) is 0. The Kier molecular flexibility index (Phi) is 4.89. The lowest BCUT2D eigenvalue weighted by Gasteiger charge is -2.19. The van der Waals surface area contributed by atoms with Gasteiger partial charge in [-0.05, 0) is 24.3 Å². The molecule has 0 atom stereocenters. The highest BCUT2D eigenvalue weighted by Gasteiger charge is 2.16. The molecule has 0 aliphatic carbocycles. The van der Waals surface area contributed by atoms with Gasteiger partial charge in [-0.25, -0.2) is 4.39 Å². The number of ether oxygens (including phenoxy) is 1. The lowest BCUT2D eigenvalue weighted by molar-refractivity contribution is -0.120. The van der Waals surface area contributed by atoms with E-state index in [1.54, 1.807) is 30.3 Å². The molecule has 0 fully saturated rings. The molecule has 5 heteroatoms. The second-order valence-electron chi connectivity index (χ2n) is 4.19. The van der Waals surface area contributed by atoms with E-state index in [4.69, 9.17) is 10.00 Å². The fourth-order valence-corrected chi connectivity index (χ4v) is 1.78. The summed E-state index contributed by atoms with van der Waals surface area (Å²) < 4.78 is 18.6. The average molecular weight is 284 g/mol. The molecule has 2 aromatic carbocycles. The van der Waals surface area contributed by atoms with Crippen molar-refractivity contribution in [1.82, 2.24) is 0 Å². The Balaban J connectivity index is 2.07. The van der Waals surface area contributed by atoms with E-state index in [1.807, 2.05) is 12.1 Å². The number of nitrogens with zero attached hydrogens (tertiary/aromatic N) is 2. The number of hydrogen-bond acceptors (Lipinski definition) is 3. The van der Waals surface area contributed by atoms with Crippen LogP contribution in [0.5, 0.6) is 5.75 Å². The highest BCUT2D eigenvalue weighted by atomic mass is 19.1. The summed E-state index contributed by atoms with van der Waals surface area (Å²) in [6.07, 6.45) is 0. The highest BCUT2D eigenvalue weighted by Crippen LogP contribution is 2.17. The molecule has 0 N–H and O–H groups in total. The van der Waals surface area contributed by atoms with Crippen LogP contribution in [0.15, 0.2) is 54.6 Å². The molecule has 21 heavy (non-hydrogen) atoms. The first-order chi connectivity index (χ1) is 10.2. The number of carbonyl (C=O) groups excluding carboxylic acids is 1. The van der Waals surface area contributed by atoms with Crippen molar-refractivity contribution in [2.45, 2.75) is 0 Å². The largest absolute Gasteiger partial charge is 0.481 e. The van der Waals surface area contributed by atoms with Crippen molar-refractivity contribution in [3.8, 4) is 11.8 Å². The van der Waals surface area contributed by atoms with Gasteiger partial charge in [-0.15, -0.1) is 0 Å². The molecule has 0 spiro atoms. The molecule has 0 bridgehead atoms. The molecular formula is C16H13FN2O2. The number of halogens is 1. The molecule has 2 rings (SSSR count). The first-order valence-electron chi connectivity index (χ1n) is 6.32. The van der Waals surface area contributed by atoms with Crippen LogP contribution in [0.1, 0.15) is 0 Å². The minimum Gasteiger partial charge on any atom is -0.481 e. The molecule has 0 unspecified atom stereocenters. The molecule has 4 nitrogen and oxygen atoms in total. The van der Waals surface area contributed by atoms with Crippen LogP contribution in [0.3, 0.4) is 0 Å². The summed E-state index contributed by atoms with van der Waals surface area (Å²) in [6.45, 7) is -0.430. The first-order valence-corrected chi connectivity index (χ1v) is 6.32. The second-order valence-corrected chi connectivity index (χ2v) is 4.19. The predicted octanol–water partition coefficient (Wildman–Crippen LogP) is 2.76. The smallest absolute Gasteiger partial charge is 0.265 e. The number of benzene rings is 2. The Hall–Kier alpha value is -2.87. The van der Waals surface area contributed by atoms with E-state index in [0.717, 1.165) is 0 Å². The monoisotopic (exact) mass is 284 g/mol. The molecule has 2 aromatic rings. The van der Waals surface area contributed by atoms with Gasteiger partial charge in [0.2, 0.25) is 0 Å². The number of anilines is 1.